The maximum Gasteiger partial charge on any atom is 0.237 e. The van der Waals surface area contributed by atoms with E-state index in [1.54, 1.807) is 0 Å². The van der Waals surface area contributed by atoms with E-state index in [-0.39, 0.29) is 18.3 Å². The molecule has 1 aromatic rings. The third-order valence-electron chi connectivity index (χ3n) is 4.95. The Morgan fingerprint density at radius 1 is 1.32 bits per heavy atom. The summed E-state index contributed by atoms with van der Waals surface area (Å²) in [5, 5.41) is 0. The third-order valence-corrected chi connectivity index (χ3v) is 4.95. The summed E-state index contributed by atoms with van der Waals surface area (Å²) in [5.74, 6) is 0.809. The van der Waals surface area contributed by atoms with E-state index in [9.17, 15) is 4.79 Å². The highest BCUT2D eigenvalue weighted by Crippen LogP contribution is 2.23. The number of hydrogen-bond acceptors (Lipinski definition) is 3. The van der Waals surface area contributed by atoms with Gasteiger partial charge in [0.05, 0.1) is 6.54 Å². The molecule has 0 spiro atoms. The van der Waals surface area contributed by atoms with E-state index in [0.29, 0.717) is 18.5 Å². The van der Waals surface area contributed by atoms with Crippen molar-refractivity contribution in [1.82, 2.24) is 9.80 Å². The van der Waals surface area contributed by atoms with Crippen molar-refractivity contribution in [3.63, 3.8) is 0 Å². The van der Waals surface area contributed by atoms with Crippen molar-refractivity contribution in [3.05, 3.63) is 35.4 Å². The summed E-state index contributed by atoms with van der Waals surface area (Å²) in [6, 6.07) is 8.92. The maximum absolute atomic E-state index is 12.6. The first-order valence-corrected chi connectivity index (χ1v) is 7.96. The van der Waals surface area contributed by atoms with Crippen LogP contribution in [0, 0.1) is 5.92 Å². The van der Waals surface area contributed by atoms with E-state index in [1.165, 1.54) is 11.1 Å². The SMILES string of the molecule is CC1CC(CN)CN1CC(=O)N1CCc2ccccc2C1.Cl. The summed E-state index contributed by atoms with van der Waals surface area (Å²) >= 11 is 0. The number of carbonyl (C=O) groups excluding carboxylic acids is 1. The van der Waals surface area contributed by atoms with Crippen LogP contribution >= 0.6 is 12.4 Å². The molecule has 0 radical (unpaired) electrons. The van der Waals surface area contributed by atoms with Crippen molar-refractivity contribution in [2.75, 3.05) is 26.2 Å². The topological polar surface area (TPSA) is 49.6 Å². The van der Waals surface area contributed by atoms with Crippen molar-refractivity contribution in [3.8, 4) is 0 Å². The molecule has 2 atom stereocenters. The highest BCUT2D eigenvalue weighted by atomic mass is 35.5. The lowest BCUT2D eigenvalue weighted by Crippen LogP contribution is -2.43. The van der Waals surface area contributed by atoms with Crippen LogP contribution in [0.25, 0.3) is 0 Å². The minimum absolute atomic E-state index is 0. The smallest absolute Gasteiger partial charge is 0.237 e. The van der Waals surface area contributed by atoms with Crippen LogP contribution in [0.1, 0.15) is 24.5 Å². The van der Waals surface area contributed by atoms with E-state index >= 15 is 0 Å². The van der Waals surface area contributed by atoms with Gasteiger partial charge in [-0.1, -0.05) is 24.3 Å². The van der Waals surface area contributed by atoms with E-state index in [1.807, 2.05) is 4.90 Å². The van der Waals surface area contributed by atoms with Gasteiger partial charge in [-0.25, -0.2) is 0 Å². The molecule has 0 aromatic heterocycles. The van der Waals surface area contributed by atoms with E-state index < -0.39 is 0 Å². The Bertz CT molecular complexity index is 522. The van der Waals surface area contributed by atoms with Crippen molar-refractivity contribution in [2.45, 2.75) is 32.4 Å². The summed E-state index contributed by atoms with van der Waals surface area (Å²) in [7, 11) is 0. The largest absolute Gasteiger partial charge is 0.337 e. The Hall–Kier alpha value is -1.10. The fourth-order valence-corrected chi connectivity index (χ4v) is 3.59. The zero-order chi connectivity index (χ0) is 14.8. The van der Waals surface area contributed by atoms with Gasteiger partial charge in [0.1, 0.15) is 0 Å². The van der Waals surface area contributed by atoms with Crippen LogP contribution in [0.5, 0.6) is 0 Å². The predicted molar refractivity (Wildman–Crippen MR) is 91.0 cm³/mol. The number of nitrogens with zero attached hydrogens (tertiary/aromatic N) is 2. The van der Waals surface area contributed by atoms with Crippen LogP contribution in [0.4, 0.5) is 0 Å². The number of likely N-dealkylation sites (tertiary alicyclic amines) is 1. The number of carbonyl (C=O) groups is 1. The van der Waals surface area contributed by atoms with Gasteiger partial charge in [-0.3, -0.25) is 9.69 Å². The Labute approximate surface area is 139 Å². The van der Waals surface area contributed by atoms with Crippen LogP contribution in [0.15, 0.2) is 24.3 Å². The predicted octanol–water partition coefficient (Wildman–Crippen LogP) is 1.66. The minimum Gasteiger partial charge on any atom is -0.337 e. The molecular formula is C17H26ClN3O. The molecule has 2 unspecified atom stereocenters. The number of rotatable bonds is 3. The number of benzene rings is 1. The number of nitrogens with two attached hydrogens (primary N) is 1. The van der Waals surface area contributed by atoms with Gasteiger partial charge in [0, 0.05) is 25.7 Å². The van der Waals surface area contributed by atoms with Crippen molar-refractivity contribution in [2.24, 2.45) is 11.7 Å². The quantitative estimate of drug-likeness (QED) is 0.920. The average Bonchev–Trinajstić information content (AvgIpc) is 2.87. The first kappa shape index (κ1) is 17.3. The third kappa shape index (κ3) is 3.62. The van der Waals surface area contributed by atoms with Gasteiger partial charge in [0.15, 0.2) is 0 Å². The second-order valence-corrected chi connectivity index (χ2v) is 6.45. The zero-order valence-corrected chi connectivity index (χ0v) is 14.0. The highest BCUT2D eigenvalue weighted by Gasteiger charge is 2.31. The summed E-state index contributed by atoms with van der Waals surface area (Å²) in [5.41, 5.74) is 8.45. The molecule has 22 heavy (non-hydrogen) atoms. The van der Waals surface area contributed by atoms with Crippen molar-refractivity contribution in [1.29, 1.82) is 0 Å². The van der Waals surface area contributed by atoms with E-state index in [2.05, 4.69) is 36.1 Å². The van der Waals surface area contributed by atoms with E-state index in [4.69, 9.17) is 5.73 Å². The molecule has 2 aliphatic heterocycles. The van der Waals surface area contributed by atoms with Crippen LogP contribution in [-0.4, -0.2) is 47.9 Å². The standard InChI is InChI=1S/C17H25N3O.ClH/c1-13-8-14(9-18)10-20(13)12-17(21)19-7-6-15-4-2-3-5-16(15)11-19;/h2-5,13-14H,6-12,18H2,1H3;1H. The van der Waals surface area contributed by atoms with Gasteiger partial charge in [0.2, 0.25) is 5.91 Å². The fraction of sp³-hybridized carbons (Fsp3) is 0.588. The number of halogens is 1. The summed E-state index contributed by atoms with van der Waals surface area (Å²) < 4.78 is 0. The maximum atomic E-state index is 12.6. The second-order valence-electron chi connectivity index (χ2n) is 6.45. The van der Waals surface area contributed by atoms with Gasteiger partial charge in [-0.15, -0.1) is 12.4 Å². The van der Waals surface area contributed by atoms with Gasteiger partial charge in [-0.2, -0.15) is 0 Å². The van der Waals surface area contributed by atoms with Crippen LogP contribution in [-0.2, 0) is 17.8 Å². The second kappa shape index (κ2) is 7.44. The molecule has 2 aliphatic rings. The minimum atomic E-state index is 0. The van der Waals surface area contributed by atoms with Crippen molar-refractivity contribution < 1.29 is 4.79 Å². The molecule has 0 saturated carbocycles. The Morgan fingerprint density at radius 2 is 2.05 bits per heavy atom. The van der Waals surface area contributed by atoms with Crippen molar-refractivity contribution >= 4 is 18.3 Å². The summed E-state index contributed by atoms with van der Waals surface area (Å²) in [4.78, 5) is 16.9. The first-order chi connectivity index (χ1) is 10.2. The van der Waals surface area contributed by atoms with Gasteiger partial charge >= 0.3 is 0 Å². The Kier molecular flexibility index (Phi) is 5.84. The zero-order valence-electron chi connectivity index (χ0n) is 13.2. The Morgan fingerprint density at radius 3 is 2.73 bits per heavy atom. The van der Waals surface area contributed by atoms with Crippen LogP contribution in [0.2, 0.25) is 0 Å². The van der Waals surface area contributed by atoms with Crippen LogP contribution < -0.4 is 5.73 Å². The number of fused-ring (bicyclic) bond motifs is 1. The molecule has 1 saturated heterocycles. The average molecular weight is 324 g/mol. The van der Waals surface area contributed by atoms with Gasteiger partial charge < -0.3 is 10.6 Å². The monoisotopic (exact) mass is 323 g/mol. The molecule has 2 N–H and O–H groups in total. The lowest BCUT2D eigenvalue weighted by Gasteiger charge is -2.31. The number of amides is 1. The molecule has 0 aliphatic carbocycles. The van der Waals surface area contributed by atoms with Crippen LogP contribution in [0.3, 0.4) is 0 Å². The molecule has 0 bridgehead atoms. The molecule has 4 nitrogen and oxygen atoms in total. The number of hydrogen-bond donors (Lipinski definition) is 1. The molecule has 122 valence electrons. The van der Waals surface area contributed by atoms with Gasteiger partial charge in [0.25, 0.3) is 0 Å². The summed E-state index contributed by atoms with van der Waals surface area (Å²) in [6.07, 6.45) is 2.09. The molecular weight excluding hydrogens is 298 g/mol. The molecule has 1 fully saturated rings. The molecule has 5 heteroatoms. The lowest BCUT2D eigenvalue weighted by atomic mass is 10.00. The first-order valence-electron chi connectivity index (χ1n) is 7.96. The Balaban J connectivity index is 0.00000176. The normalized spacial score (nSPS) is 24.7. The highest BCUT2D eigenvalue weighted by molar-refractivity contribution is 5.85. The molecule has 1 aromatic carbocycles. The summed E-state index contributed by atoms with van der Waals surface area (Å²) in [6.45, 7) is 6.05. The molecule has 1 amide bonds. The lowest BCUT2D eigenvalue weighted by molar-refractivity contribution is -0.133. The molecule has 3 rings (SSSR count). The van der Waals surface area contributed by atoms with E-state index in [0.717, 1.165) is 39.0 Å². The van der Waals surface area contributed by atoms with Gasteiger partial charge in [-0.05, 0) is 43.4 Å². The molecule has 2 heterocycles. The fourth-order valence-electron chi connectivity index (χ4n) is 3.59.